The molecule has 1 aliphatic rings. The molecule has 104 valence electrons. The van der Waals surface area contributed by atoms with Gasteiger partial charge in [0.05, 0.1) is 5.69 Å². The quantitative estimate of drug-likeness (QED) is 0.669. The predicted octanol–water partition coefficient (Wildman–Crippen LogP) is 3.88. The topological polar surface area (TPSA) is 61.0 Å². The number of aryl methyl sites for hydroxylation is 1. The van der Waals surface area contributed by atoms with Gasteiger partial charge in [-0.15, -0.1) is 0 Å². The number of anilines is 1. The maximum atomic E-state index is 5.93. The van der Waals surface area contributed by atoms with Gasteiger partial charge in [0.1, 0.15) is 12.1 Å². The third-order valence-electron chi connectivity index (χ3n) is 3.44. The Kier molecular flexibility index (Phi) is 3.87. The van der Waals surface area contributed by atoms with Crippen LogP contribution in [0.5, 0.6) is 11.6 Å². The first-order valence-electron chi connectivity index (χ1n) is 6.79. The van der Waals surface area contributed by atoms with Gasteiger partial charge in [0, 0.05) is 21.8 Å². The van der Waals surface area contributed by atoms with Gasteiger partial charge in [-0.25, -0.2) is 9.97 Å². The normalized spacial score (nSPS) is 14.4. The van der Waals surface area contributed by atoms with E-state index in [1.165, 1.54) is 12.8 Å². The molecule has 20 heavy (non-hydrogen) atoms. The van der Waals surface area contributed by atoms with Crippen molar-refractivity contribution in [2.24, 2.45) is 0 Å². The van der Waals surface area contributed by atoms with Crippen molar-refractivity contribution < 1.29 is 4.74 Å². The van der Waals surface area contributed by atoms with Gasteiger partial charge < -0.3 is 10.5 Å². The van der Waals surface area contributed by atoms with Crippen LogP contribution in [-0.4, -0.2) is 9.97 Å². The van der Waals surface area contributed by atoms with Crippen molar-refractivity contribution in [1.29, 1.82) is 0 Å². The average molecular weight is 334 g/mol. The molecule has 0 aliphatic heterocycles. The zero-order valence-electron chi connectivity index (χ0n) is 11.1. The van der Waals surface area contributed by atoms with Gasteiger partial charge in [0.15, 0.2) is 0 Å². The third-order valence-corrected chi connectivity index (χ3v) is 3.90. The lowest BCUT2D eigenvalue weighted by Gasteiger charge is -2.12. The monoisotopic (exact) mass is 333 g/mol. The predicted molar refractivity (Wildman–Crippen MR) is 81.9 cm³/mol. The number of halogens is 1. The zero-order valence-corrected chi connectivity index (χ0v) is 12.7. The largest absolute Gasteiger partial charge is 0.439 e. The van der Waals surface area contributed by atoms with Gasteiger partial charge in [-0.2, -0.15) is 0 Å². The van der Waals surface area contributed by atoms with Gasteiger partial charge in [-0.3, -0.25) is 0 Å². The Morgan fingerprint density at radius 2 is 1.90 bits per heavy atom. The Bertz CT molecular complexity index is 610. The molecule has 0 radical (unpaired) electrons. The number of nitrogens with two attached hydrogens (primary N) is 1. The first kappa shape index (κ1) is 13.4. The van der Waals surface area contributed by atoms with Crippen molar-refractivity contribution in [2.45, 2.75) is 32.1 Å². The van der Waals surface area contributed by atoms with Gasteiger partial charge in [0.2, 0.25) is 5.88 Å². The van der Waals surface area contributed by atoms with E-state index < -0.39 is 0 Å². The fourth-order valence-corrected chi connectivity index (χ4v) is 3.00. The van der Waals surface area contributed by atoms with Crippen LogP contribution in [-0.2, 0) is 12.8 Å². The molecule has 0 fully saturated rings. The number of nitrogens with zero attached hydrogens (tertiary/aromatic N) is 2. The molecule has 1 aromatic carbocycles. The first-order valence-corrected chi connectivity index (χ1v) is 7.58. The fourth-order valence-electron chi connectivity index (χ4n) is 2.51. The summed E-state index contributed by atoms with van der Waals surface area (Å²) in [6.45, 7) is 0. The highest BCUT2D eigenvalue weighted by molar-refractivity contribution is 9.10. The molecule has 2 aromatic rings. The van der Waals surface area contributed by atoms with E-state index >= 15 is 0 Å². The lowest BCUT2D eigenvalue weighted by atomic mass is 10.1. The summed E-state index contributed by atoms with van der Waals surface area (Å²) >= 11 is 3.42. The minimum Gasteiger partial charge on any atom is -0.439 e. The molecule has 0 unspecified atom stereocenters. The SMILES string of the molecule is Nc1cc(Br)cc(Oc2ncnc3c2CCCCC3)c1. The Morgan fingerprint density at radius 1 is 1.05 bits per heavy atom. The van der Waals surface area contributed by atoms with Gasteiger partial charge in [-0.05, 0) is 37.8 Å². The molecule has 1 aromatic heterocycles. The molecular weight excluding hydrogens is 318 g/mol. The summed E-state index contributed by atoms with van der Waals surface area (Å²) in [5.41, 5.74) is 8.76. The van der Waals surface area contributed by atoms with Crippen LogP contribution < -0.4 is 10.5 Å². The third kappa shape index (κ3) is 2.93. The second kappa shape index (κ2) is 5.79. The first-order chi connectivity index (χ1) is 9.72. The van der Waals surface area contributed by atoms with Crippen molar-refractivity contribution in [3.63, 3.8) is 0 Å². The van der Waals surface area contributed by atoms with Crippen molar-refractivity contribution in [3.05, 3.63) is 40.3 Å². The average Bonchev–Trinajstić information content (AvgIpc) is 2.63. The van der Waals surface area contributed by atoms with Crippen molar-refractivity contribution >= 4 is 21.6 Å². The van der Waals surface area contributed by atoms with E-state index in [0.29, 0.717) is 17.3 Å². The molecule has 0 amide bonds. The minimum absolute atomic E-state index is 0.661. The standard InChI is InChI=1S/C15H16BrN3O/c16-10-6-11(17)8-12(7-10)20-15-13-4-2-1-3-5-14(13)18-9-19-15/h6-9H,1-5,17H2. The minimum atomic E-state index is 0.661. The number of hydrogen-bond donors (Lipinski definition) is 1. The highest BCUT2D eigenvalue weighted by Crippen LogP contribution is 2.31. The van der Waals surface area contributed by atoms with E-state index in [4.69, 9.17) is 10.5 Å². The number of hydrogen-bond acceptors (Lipinski definition) is 4. The Morgan fingerprint density at radius 3 is 2.75 bits per heavy atom. The van der Waals surface area contributed by atoms with Crippen LogP contribution >= 0.6 is 15.9 Å². The van der Waals surface area contributed by atoms with Gasteiger partial charge in [-0.1, -0.05) is 22.4 Å². The number of rotatable bonds is 2. The second-order valence-corrected chi connectivity index (χ2v) is 5.90. The second-order valence-electron chi connectivity index (χ2n) is 4.99. The molecule has 4 nitrogen and oxygen atoms in total. The Balaban J connectivity index is 1.94. The Hall–Kier alpha value is -1.62. The molecule has 2 N–H and O–H groups in total. The highest BCUT2D eigenvalue weighted by atomic mass is 79.9. The summed E-state index contributed by atoms with van der Waals surface area (Å²) in [5, 5.41) is 0. The van der Waals surface area contributed by atoms with E-state index in [9.17, 15) is 0 Å². The Labute approximate surface area is 126 Å². The van der Waals surface area contributed by atoms with Crippen LogP contribution in [0.2, 0.25) is 0 Å². The van der Waals surface area contributed by atoms with Crippen molar-refractivity contribution in [1.82, 2.24) is 9.97 Å². The molecule has 0 spiro atoms. The van der Waals surface area contributed by atoms with Crippen LogP contribution in [0, 0.1) is 0 Å². The van der Waals surface area contributed by atoms with Crippen molar-refractivity contribution in [2.75, 3.05) is 5.73 Å². The van der Waals surface area contributed by atoms with Crippen LogP contribution in [0.3, 0.4) is 0 Å². The molecule has 0 saturated heterocycles. The number of benzene rings is 1. The molecule has 0 bridgehead atoms. The lowest BCUT2D eigenvalue weighted by Crippen LogP contribution is -2.01. The maximum absolute atomic E-state index is 5.93. The summed E-state index contributed by atoms with van der Waals surface area (Å²) in [4.78, 5) is 8.69. The van der Waals surface area contributed by atoms with Crippen LogP contribution in [0.4, 0.5) is 5.69 Å². The van der Waals surface area contributed by atoms with Crippen LogP contribution in [0.1, 0.15) is 30.5 Å². The van der Waals surface area contributed by atoms with E-state index in [1.807, 2.05) is 12.1 Å². The molecule has 0 atom stereocenters. The summed E-state index contributed by atoms with van der Waals surface area (Å²) in [7, 11) is 0. The maximum Gasteiger partial charge on any atom is 0.225 e. The summed E-state index contributed by atoms with van der Waals surface area (Å²) in [6.07, 6.45) is 7.16. The zero-order chi connectivity index (χ0) is 13.9. The van der Waals surface area contributed by atoms with Crippen molar-refractivity contribution in [3.8, 4) is 11.6 Å². The van der Waals surface area contributed by atoms with E-state index in [0.717, 1.165) is 35.0 Å². The molecule has 0 saturated carbocycles. The summed E-state index contributed by atoms with van der Waals surface area (Å²) in [6, 6.07) is 5.53. The smallest absolute Gasteiger partial charge is 0.225 e. The summed E-state index contributed by atoms with van der Waals surface area (Å²) < 4.78 is 6.83. The lowest BCUT2D eigenvalue weighted by molar-refractivity contribution is 0.453. The van der Waals surface area contributed by atoms with Gasteiger partial charge in [0.25, 0.3) is 0 Å². The molecule has 1 aliphatic carbocycles. The number of ether oxygens (including phenoxy) is 1. The van der Waals surface area contributed by atoms with E-state index in [2.05, 4.69) is 25.9 Å². The van der Waals surface area contributed by atoms with Crippen LogP contribution in [0.15, 0.2) is 29.0 Å². The molecule has 5 heteroatoms. The summed E-state index contributed by atoms with van der Waals surface area (Å²) in [5.74, 6) is 1.36. The van der Waals surface area contributed by atoms with E-state index in [-0.39, 0.29) is 0 Å². The van der Waals surface area contributed by atoms with E-state index in [1.54, 1.807) is 12.4 Å². The molecule has 3 rings (SSSR count). The fraction of sp³-hybridized carbons (Fsp3) is 0.333. The molecule has 1 heterocycles. The number of fused-ring (bicyclic) bond motifs is 1. The van der Waals surface area contributed by atoms with Crippen LogP contribution in [0.25, 0.3) is 0 Å². The highest BCUT2D eigenvalue weighted by Gasteiger charge is 2.16. The number of aromatic nitrogens is 2. The number of nitrogen functional groups attached to an aromatic ring is 1. The van der Waals surface area contributed by atoms with Gasteiger partial charge >= 0.3 is 0 Å². The molecular formula is C15H16BrN3O.